The second kappa shape index (κ2) is 11.4. The molecule has 3 atom stereocenters. The van der Waals surface area contributed by atoms with Crippen molar-refractivity contribution in [3.8, 4) is 11.1 Å². The molecule has 0 aromatic heterocycles. The maximum atomic E-state index is 12.9. The van der Waals surface area contributed by atoms with Gasteiger partial charge >= 0.3 is 12.1 Å². The van der Waals surface area contributed by atoms with Crippen LogP contribution in [0.2, 0.25) is 0 Å². The molecule has 1 fully saturated rings. The molecule has 2 aromatic carbocycles. The fourth-order valence-corrected chi connectivity index (χ4v) is 5.18. The Morgan fingerprint density at radius 1 is 1.00 bits per heavy atom. The number of carboxylic acid groups (broad SMARTS) is 1. The lowest BCUT2D eigenvalue weighted by Crippen LogP contribution is -2.52. The number of amides is 2. The molecule has 2 aliphatic carbocycles. The van der Waals surface area contributed by atoms with E-state index in [0.29, 0.717) is 12.8 Å². The van der Waals surface area contributed by atoms with E-state index in [1.54, 1.807) is 0 Å². The lowest BCUT2D eigenvalue weighted by Gasteiger charge is -2.31. The zero-order valence-electron chi connectivity index (χ0n) is 19.9. The van der Waals surface area contributed by atoms with Crippen molar-refractivity contribution in [2.45, 2.75) is 50.1 Å². The van der Waals surface area contributed by atoms with Crippen LogP contribution in [0, 0.1) is 5.92 Å². The van der Waals surface area contributed by atoms with Gasteiger partial charge in [-0.1, -0.05) is 61.4 Å². The number of alkyl carbamates (subject to hydrolysis) is 1. The first-order valence-electron chi connectivity index (χ1n) is 12.1. The van der Waals surface area contributed by atoms with Gasteiger partial charge in [0.25, 0.3) is 0 Å². The number of hydrogen-bond acceptors (Lipinski definition) is 5. The van der Waals surface area contributed by atoms with Gasteiger partial charge in [0.1, 0.15) is 12.6 Å². The Balaban J connectivity index is 1.37. The summed E-state index contributed by atoms with van der Waals surface area (Å²) < 4.78 is 10.6. The molecule has 2 aromatic rings. The molecule has 3 unspecified atom stereocenters. The Morgan fingerprint density at radius 3 is 2.26 bits per heavy atom. The molecule has 0 saturated heterocycles. The summed E-state index contributed by atoms with van der Waals surface area (Å²) in [5.74, 6) is -2.02. The van der Waals surface area contributed by atoms with Crippen LogP contribution in [0.1, 0.15) is 49.1 Å². The van der Waals surface area contributed by atoms with E-state index in [1.165, 1.54) is 7.11 Å². The van der Waals surface area contributed by atoms with Gasteiger partial charge < -0.3 is 25.2 Å². The van der Waals surface area contributed by atoms with Gasteiger partial charge in [-0.3, -0.25) is 4.79 Å². The first-order chi connectivity index (χ1) is 17.0. The Labute approximate surface area is 205 Å². The standard InChI is InChI=1S/C27H32N2O6/c1-34-15-14-24(26(31)32)28-25(30)21-12-6-7-13-23(21)29-27(33)35-16-22-19-10-4-2-8-17(19)18-9-3-5-11-20(18)22/h2-5,8-11,21-24H,6-7,12-16H2,1H3,(H,28,30)(H,29,33)(H,31,32). The quantitative estimate of drug-likeness (QED) is 0.504. The third kappa shape index (κ3) is 5.65. The number of methoxy groups -OCH3 is 1. The van der Waals surface area contributed by atoms with Crippen LogP contribution in [0.25, 0.3) is 11.1 Å². The molecular weight excluding hydrogens is 448 g/mol. The van der Waals surface area contributed by atoms with Crippen molar-refractivity contribution in [3.63, 3.8) is 0 Å². The number of benzene rings is 2. The van der Waals surface area contributed by atoms with E-state index in [4.69, 9.17) is 9.47 Å². The maximum absolute atomic E-state index is 12.9. The van der Waals surface area contributed by atoms with Gasteiger partial charge in [0.05, 0.1) is 5.92 Å². The van der Waals surface area contributed by atoms with Crippen molar-refractivity contribution in [3.05, 3.63) is 59.7 Å². The van der Waals surface area contributed by atoms with Crippen LogP contribution in [0.3, 0.4) is 0 Å². The van der Waals surface area contributed by atoms with E-state index in [2.05, 4.69) is 34.9 Å². The summed E-state index contributed by atoms with van der Waals surface area (Å²) in [5, 5.41) is 14.9. The van der Waals surface area contributed by atoms with Crippen molar-refractivity contribution in [1.82, 2.24) is 10.6 Å². The normalized spacial score (nSPS) is 19.8. The number of rotatable bonds is 9. The fraction of sp³-hybridized carbons (Fsp3) is 0.444. The van der Waals surface area contributed by atoms with E-state index in [1.807, 2.05) is 24.3 Å². The summed E-state index contributed by atoms with van der Waals surface area (Å²) >= 11 is 0. The van der Waals surface area contributed by atoms with Gasteiger partial charge in [-0.25, -0.2) is 9.59 Å². The van der Waals surface area contributed by atoms with Gasteiger partial charge in [-0.2, -0.15) is 0 Å². The summed E-state index contributed by atoms with van der Waals surface area (Å²) in [5.41, 5.74) is 4.57. The van der Waals surface area contributed by atoms with Crippen LogP contribution in [-0.4, -0.2) is 55.5 Å². The van der Waals surface area contributed by atoms with E-state index >= 15 is 0 Å². The molecule has 8 nitrogen and oxygen atoms in total. The number of ether oxygens (including phenoxy) is 2. The van der Waals surface area contributed by atoms with E-state index in [-0.39, 0.29) is 31.5 Å². The molecule has 2 amide bonds. The second-order valence-corrected chi connectivity index (χ2v) is 9.15. The minimum atomic E-state index is -1.10. The van der Waals surface area contributed by atoms with Gasteiger partial charge in [-0.15, -0.1) is 0 Å². The summed E-state index contributed by atoms with van der Waals surface area (Å²) in [7, 11) is 1.48. The SMILES string of the molecule is COCCC(NC(=O)C1CCCCC1NC(=O)OCC1c2ccccc2-c2ccccc21)C(=O)O. The third-order valence-electron chi connectivity index (χ3n) is 6.97. The lowest BCUT2D eigenvalue weighted by atomic mass is 9.83. The Hall–Kier alpha value is -3.39. The highest BCUT2D eigenvalue weighted by Gasteiger charge is 2.35. The van der Waals surface area contributed by atoms with E-state index < -0.39 is 30.1 Å². The minimum Gasteiger partial charge on any atom is -0.480 e. The molecule has 186 valence electrons. The smallest absolute Gasteiger partial charge is 0.407 e. The van der Waals surface area contributed by atoms with Gasteiger partial charge in [0, 0.05) is 32.1 Å². The third-order valence-corrected chi connectivity index (χ3v) is 6.97. The van der Waals surface area contributed by atoms with Crippen molar-refractivity contribution in [2.24, 2.45) is 5.92 Å². The van der Waals surface area contributed by atoms with E-state index in [9.17, 15) is 19.5 Å². The van der Waals surface area contributed by atoms with Crippen molar-refractivity contribution in [2.75, 3.05) is 20.3 Å². The largest absolute Gasteiger partial charge is 0.480 e. The molecule has 35 heavy (non-hydrogen) atoms. The number of fused-ring (bicyclic) bond motifs is 3. The van der Waals surface area contributed by atoms with Crippen LogP contribution in [-0.2, 0) is 19.1 Å². The maximum Gasteiger partial charge on any atom is 0.407 e. The molecule has 0 bridgehead atoms. The summed E-state index contributed by atoms with van der Waals surface area (Å²) in [4.78, 5) is 37.2. The lowest BCUT2D eigenvalue weighted by molar-refractivity contribution is -0.143. The van der Waals surface area contributed by atoms with Crippen LogP contribution in [0.5, 0.6) is 0 Å². The highest BCUT2D eigenvalue weighted by molar-refractivity contribution is 5.86. The zero-order chi connectivity index (χ0) is 24.8. The monoisotopic (exact) mass is 480 g/mol. The van der Waals surface area contributed by atoms with Crippen LogP contribution in [0.4, 0.5) is 4.79 Å². The molecular formula is C27H32N2O6. The Bertz CT molecular complexity index is 1030. The molecule has 3 N–H and O–H groups in total. The highest BCUT2D eigenvalue weighted by atomic mass is 16.5. The number of carboxylic acids is 1. The van der Waals surface area contributed by atoms with Gasteiger partial charge in [0.15, 0.2) is 0 Å². The number of hydrogen-bond donors (Lipinski definition) is 3. The van der Waals surface area contributed by atoms with Gasteiger partial charge in [0.2, 0.25) is 5.91 Å². The first-order valence-corrected chi connectivity index (χ1v) is 12.1. The minimum absolute atomic E-state index is 0.0456. The van der Waals surface area contributed by atoms with Crippen LogP contribution in [0.15, 0.2) is 48.5 Å². The van der Waals surface area contributed by atoms with Gasteiger partial charge in [-0.05, 0) is 35.1 Å². The molecule has 0 aliphatic heterocycles. The Morgan fingerprint density at radius 2 is 1.63 bits per heavy atom. The predicted octanol–water partition coefficient (Wildman–Crippen LogP) is 3.69. The molecule has 8 heteroatoms. The number of carbonyl (C=O) groups is 3. The number of nitrogens with one attached hydrogen (secondary N) is 2. The summed E-state index contributed by atoms with van der Waals surface area (Å²) in [6, 6.07) is 14.8. The predicted molar refractivity (Wildman–Crippen MR) is 130 cm³/mol. The molecule has 0 spiro atoms. The molecule has 0 heterocycles. The molecule has 1 saturated carbocycles. The van der Waals surface area contributed by atoms with Crippen molar-refractivity contribution >= 4 is 18.0 Å². The zero-order valence-corrected chi connectivity index (χ0v) is 19.9. The van der Waals surface area contributed by atoms with Crippen molar-refractivity contribution < 1.29 is 29.0 Å². The number of aliphatic carboxylic acids is 1. The van der Waals surface area contributed by atoms with Crippen LogP contribution < -0.4 is 10.6 Å². The second-order valence-electron chi connectivity index (χ2n) is 9.15. The first kappa shape index (κ1) is 24.7. The van der Waals surface area contributed by atoms with Crippen LogP contribution >= 0.6 is 0 Å². The van der Waals surface area contributed by atoms with Crippen molar-refractivity contribution in [1.29, 1.82) is 0 Å². The average Bonchev–Trinajstić information content (AvgIpc) is 3.19. The average molecular weight is 481 g/mol. The topological polar surface area (TPSA) is 114 Å². The number of carbonyl (C=O) groups excluding carboxylic acids is 2. The molecule has 4 rings (SSSR count). The van der Waals surface area contributed by atoms with E-state index in [0.717, 1.165) is 35.1 Å². The molecule has 2 aliphatic rings. The fourth-order valence-electron chi connectivity index (χ4n) is 5.18. The molecule has 0 radical (unpaired) electrons. The Kier molecular flexibility index (Phi) is 8.02. The summed E-state index contributed by atoms with van der Waals surface area (Å²) in [6.07, 6.45) is 2.55. The highest BCUT2D eigenvalue weighted by Crippen LogP contribution is 2.44. The summed E-state index contributed by atoms with van der Waals surface area (Å²) in [6.45, 7) is 0.422.